The zero-order valence-corrected chi connectivity index (χ0v) is 11.1. The van der Waals surface area contributed by atoms with E-state index in [-0.39, 0.29) is 0 Å². The van der Waals surface area contributed by atoms with Crippen LogP contribution in [0.15, 0.2) is 36.4 Å². The molecule has 0 atom stereocenters. The van der Waals surface area contributed by atoms with E-state index in [1.165, 1.54) is 4.70 Å². The molecule has 1 N–H and O–H groups in total. The normalized spacial score (nSPS) is 11.0. The standard InChI is InChI=1S/C15H13NOS/c1-9-7-12(17)4-5-13(9)11-3-6-15-14(8-11)16-10(2)18-15/h3-8,17H,1-2H3. The number of aromatic hydroxyl groups is 1. The lowest BCUT2D eigenvalue weighted by Crippen LogP contribution is -1.83. The number of thiazole rings is 1. The lowest BCUT2D eigenvalue weighted by molar-refractivity contribution is 0.475. The summed E-state index contributed by atoms with van der Waals surface area (Å²) in [6.07, 6.45) is 0. The highest BCUT2D eigenvalue weighted by atomic mass is 32.1. The van der Waals surface area contributed by atoms with Gasteiger partial charge in [0, 0.05) is 0 Å². The van der Waals surface area contributed by atoms with Crippen LogP contribution in [0.4, 0.5) is 0 Å². The molecule has 0 aliphatic heterocycles. The van der Waals surface area contributed by atoms with Crippen molar-refractivity contribution in [3.05, 3.63) is 47.0 Å². The highest BCUT2D eigenvalue weighted by Crippen LogP contribution is 2.30. The number of hydrogen-bond acceptors (Lipinski definition) is 3. The smallest absolute Gasteiger partial charge is 0.115 e. The molecule has 3 heteroatoms. The van der Waals surface area contributed by atoms with E-state index in [0.717, 1.165) is 27.2 Å². The van der Waals surface area contributed by atoms with Crippen molar-refractivity contribution in [3.8, 4) is 16.9 Å². The molecule has 0 radical (unpaired) electrons. The first-order chi connectivity index (χ1) is 8.63. The van der Waals surface area contributed by atoms with Crippen molar-refractivity contribution >= 4 is 21.6 Å². The van der Waals surface area contributed by atoms with E-state index in [1.807, 2.05) is 19.9 Å². The van der Waals surface area contributed by atoms with Gasteiger partial charge in [0.15, 0.2) is 0 Å². The maximum Gasteiger partial charge on any atom is 0.115 e. The molecule has 1 aromatic heterocycles. The van der Waals surface area contributed by atoms with Crippen LogP contribution >= 0.6 is 11.3 Å². The number of phenolic OH excluding ortho intramolecular Hbond substituents is 1. The zero-order chi connectivity index (χ0) is 12.7. The van der Waals surface area contributed by atoms with Crippen LogP contribution in [0.5, 0.6) is 5.75 Å². The summed E-state index contributed by atoms with van der Waals surface area (Å²) >= 11 is 1.71. The van der Waals surface area contributed by atoms with E-state index in [0.29, 0.717) is 5.75 Å². The van der Waals surface area contributed by atoms with Gasteiger partial charge in [-0.25, -0.2) is 4.98 Å². The number of rotatable bonds is 1. The molecule has 18 heavy (non-hydrogen) atoms. The maximum atomic E-state index is 9.45. The fourth-order valence-corrected chi connectivity index (χ4v) is 2.99. The number of fused-ring (bicyclic) bond motifs is 1. The van der Waals surface area contributed by atoms with Gasteiger partial charge in [-0.15, -0.1) is 11.3 Å². The van der Waals surface area contributed by atoms with Crippen LogP contribution in [0.1, 0.15) is 10.6 Å². The third kappa shape index (κ3) is 1.87. The molecular weight excluding hydrogens is 242 g/mol. The Morgan fingerprint density at radius 3 is 2.67 bits per heavy atom. The van der Waals surface area contributed by atoms with Crippen LogP contribution in [0, 0.1) is 13.8 Å². The molecule has 1 heterocycles. The average molecular weight is 255 g/mol. The van der Waals surface area contributed by atoms with Crippen LogP contribution < -0.4 is 0 Å². The van der Waals surface area contributed by atoms with Gasteiger partial charge in [-0.3, -0.25) is 0 Å². The van der Waals surface area contributed by atoms with Gasteiger partial charge in [0.1, 0.15) is 5.75 Å². The first kappa shape index (κ1) is 11.2. The van der Waals surface area contributed by atoms with Crippen LogP contribution in [-0.2, 0) is 0 Å². The van der Waals surface area contributed by atoms with Crippen LogP contribution in [0.25, 0.3) is 21.3 Å². The summed E-state index contributed by atoms with van der Waals surface area (Å²) in [6.45, 7) is 4.03. The predicted octanol–water partition coefficient (Wildman–Crippen LogP) is 4.29. The van der Waals surface area contributed by atoms with Crippen molar-refractivity contribution in [1.29, 1.82) is 0 Å². The Bertz CT molecular complexity index is 730. The Balaban J connectivity index is 2.18. The summed E-state index contributed by atoms with van der Waals surface area (Å²) in [5.41, 5.74) is 4.40. The number of phenols is 1. The number of aryl methyl sites for hydroxylation is 2. The van der Waals surface area contributed by atoms with E-state index in [9.17, 15) is 5.11 Å². The molecule has 3 aromatic rings. The predicted molar refractivity (Wildman–Crippen MR) is 76.2 cm³/mol. The Labute approximate surface area is 110 Å². The van der Waals surface area contributed by atoms with Gasteiger partial charge < -0.3 is 5.11 Å². The summed E-state index contributed by atoms with van der Waals surface area (Å²) in [6, 6.07) is 11.8. The van der Waals surface area contributed by atoms with Crippen molar-refractivity contribution in [2.45, 2.75) is 13.8 Å². The molecule has 0 unspecified atom stereocenters. The van der Waals surface area contributed by atoms with E-state index < -0.39 is 0 Å². The summed E-state index contributed by atoms with van der Waals surface area (Å²) in [5.74, 6) is 0.307. The minimum absolute atomic E-state index is 0.307. The highest BCUT2D eigenvalue weighted by Gasteiger charge is 2.06. The molecule has 0 amide bonds. The largest absolute Gasteiger partial charge is 0.508 e. The van der Waals surface area contributed by atoms with Crippen LogP contribution in [-0.4, -0.2) is 10.1 Å². The van der Waals surface area contributed by atoms with Gasteiger partial charge in [0.2, 0.25) is 0 Å². The summed E-state index contributed by atoms with van der Waals surface area (Å²) in [4.78, 5) is 4.52. The van der Waals surface area contributed by atoms with Gasteiger partial charge in [0.05, 0.1) is 15.2 Å². The second-order valence-electron chi connectivity index (χ2n) is 4.41. The molecule has 90 valence electrons. The fourth-order valence-electron chi connectivity index (χ4n) is 2.18. The fraction of sp³-hybridized carbons (Fsp3) is 0.133. The van der Waals surface area contributed by atoms with Gasteiger partial charge in [0.25, 0.3) is 0 Å². The monoisotopic (exact) mass is 255 g/mol. The molecule has 0 saturated carbocycles. The van der Waals surface area contributed by atoms with E-state index in [4.69, 9.17) is 0 Å². The van der Waals surface area contributed by atoms with Crippen molar-refractivity contribution in [3.63, 3.8) is 0 Å². The summed E-state index contributed by atoms with van der Waals surface area (Å²) < 4.78 is 1.22. The minimum Gasteiger partial charge on any atom is -0.508 e. The quantitative estimate of drug-likeness (QED) is 0.703. The van der Waals surface area contributed by atoms with Crippen molar-refractivity contribution in [2.75, 3.05) is 0 Å². The highest BCUT2D eigenvalue weighted by molar-refractivity contribution is 7.18. The van der Waals surface area contributed by atoms with Crippen molar-refractivity contribution in [1.82, 2.24) is 4.98 Å². The first-order valence-electron chi connectivity index (χ1n) is 5.81. The number of nitrogens with zero attached hydrogens (tertiary/aromatic N) is 1. The molecule has 0 spiro atoms. The zero-order valence-electron chi connectivity index (χ0n) is 10.3. The molecule has 0 fully saturated rings. The molecule has 0 bridgehead atoms. The maximum absolute atomic E-state index is 9.45. The number of aromatic nitrogens is 1. The van der Waals surface area contributed by atoms with Crippen molar-refractivity contribution < 1.29 is 5.11 Å². The summed E-state index contributed by atoms with van der Waals surface area (Å²) in [5, 5.41) is 10.5. The topological polar surface area (TPSA) is 33.1 Å². The van der Waals surface area contributed by atoms with Gasteiger partial charge in [-0.2, -0.15) is 0 Å². The van der Waals surface area contributed by atoms with E-state index in [1.54, 1.807) is 23.5 Å². The van der Waals surface area contributed by atoms with Crippen molar-refractivity contribution in [2.24, 2.45) is 0 Å². The molecule has 2 nitrogen and oxygen atoms in total. The van der Waals surface area contributed by atoms with E-state index in [2.05, 4.69) is 23.2 Å². The van der Waals surface area contributed by atoms with Crippen LogP contribution in [0.3, 0.4) is 0 Å². The Kier molecular flexibility index (Phi) is 2.56. The molecule has 2 aromatic carbocycles. The Hall–Kier alpha value is -1.87. The van der Waals surface area contributed by atoms with E-state index >= 15 is 0 Å². The third-order valence-electron chi connectivity index (χ3n) is 3.02. The summed E-state index contributed by atoms with van der Waals surface area (Å²) in [7, 11) is 0. The third-order valence-corrected chi connectivity index (χ3v) is 3.97. The average Bonchev–Trinajstić information content (AvgIpc) is 2.68. The number of benzene rings is 2. The molecule has 0 aliphatic rings. The first-order valence-corrected chi connectivity index (χ1v) is 6.62. The molecule has 0 aliphatic carbocycles. The second-order valence-corrected chi connectivity index (χ2v) is 5.65. The number of hydrogen-bond donors (Lipinski definition) is 1. The van der Waals surface area contributed by atoms with Gasteiger partial charge in [-0.1, -0.05) is 12.1 Å². The van der Waals surface area contributed by atoms with Gasteiger partial charge >= 0.3 is 0 Å². The minimum atomic E-state index is 0.307. The SMILES string of the molecule is Cc1nc2cc(-c3ccc(O)cc3C)ccc2s1. The Morgan fingerprint density at radius 2 is 1.89 bits per heavy atom. The lowest BCUT2D eigenvalue weighted by atomic mass is 10.0. The molecule has 3 rings (SSSR count). The molecule has 0 saturated heterocycles. The Morgan fingerprint density at radius 1 is 1.06 bits per heavy atom. The van der Waals surface area contributed by atoms with Crippen LogP contribution in [0.2, 0.25) is 0 Å². The lowest BCUT2D eigenvalue weighted by Gasteiger charge is -2.06. The molecular formula is C15H13NOS. The second kappa shape index (κ2) is 4.10. The van der Waals surface area contributed by atoms with Gasteiger partial charge in [-0.05, 0) is 54.8 Å².